The van der Waals surface area contributed by atoms with E-state index in [0.717, 1.165) is 12.1 Å². The molecule has 2 nitrogen and oxygen atoms in total. The lowest BCUT2D eigenvalue weighted by atomic mass is 9.81. The first-order valence-corrected chi connectivity index (χ1v) is 14.5. The standard InChI is InChI=1S/C39H38N2/c1-6-13-28(2)41(34-17-12-24-39(4,5)35-18-10-9-14-30(35)21-22-34)37-20-11-19-36(29(37)3)40-25-23-33-26-31-15-7-8-16-32(31)27-38(33)40/h6-12,14-28H,1,13H2,2-5H3/b22-21+,24-12+,34-17+. The van der Waals surface area contributed by atoms with Gasteiger partial charge in [-0.1, -0.05) is 92.7 Å². The number of hydrogen-bond donors (Lipinski definition) is 0. The molecule has 0 amide bonds. The minimum Gasteiger partial charge on any atom is -0.338 e. The van der Waals surface area contributed by atoms with Gasteiger partial charge in [0.2, 0.25) is 0 Å². The monoisotopic (exact) mass is 534 g/mol. The molecule has 0 aliphatic heterocycles. The van der Waals surface area contributed by atoms with Gasteiger partial charge in [-0.3, -0.25) is 0 Å². The molecule has 1 aromatic heterocycles. The average Bonchev–Trinajstić information content (AvgIpc) is 3.39. The van der Waals surface area contributed by atoms with E-state index in [1.165, 1.54) is 49.7 Å². The Bertz CT molecular complexity index is 1840. The largest absolute Gasteiger partial charge is 0.338 e. The first-order chi connectivity index (χ1) is 19.9. The highest BCUT2D eigenvalue weighted by molar-refractivity contribution is 5.98. The Hall–Kier alpha value is -4.56. The fourth-order valence-corrected chi connectivity index (χ4v) is 6.24. The number of allylic oxidation sites excluding steroid dienone is 4. The van der Waals surface area contributed by atoms with Gasteiger partial charge in [-0.15, -0.1) is 6.58 Å². The van der Waals surface area contributed by atoms with Crippen molar-refractivity contribution in [2.45, 2.75) is 45.6 Å². The summed E-state index contributed by atoms with van der Waals surface area (Å²) < 4.78 is 2.34. The number of benzene rings is 4. The van der Waals surface area contributed by atoms with Gasteiger partial charge in [0.15, 0.2) is 0 Å². The van der Waals surface area contributed by atoms with E-state index in [4.69, 9.17) is 0 Å². The molecule has 41 heavy (non-hydrogen) atoms. The number of fused-ring (bicyclic) bond motifs is 3. The molecule has 0 saturated carbocycles. The zero-order valence-electron chi connectivity index (χ0n) is 24.5. The fraction of sp³-hybridized carbons (Fsp3) is 0.179. The third-order valence-corrected chi connectivity index (χ3v) is 8.45. The summed E-state index contributed by atoms with van der Waals surface area (Å²) in [6.45, 7) is 13.2. The highest BCUT2D eigenvalue weighted by Crippen LogP contribution is 2.36. The van der Waals surface area contributed by atoms with Crippen molar-refractivity contribution in [2.24, 2.45) is 0 Å². The lowest BCUT2D eigenvalue weighted by Crippen LogP contribution is -2.32. The summed E-state index contributed by atoms with van der Waals surface area (Å²) in [6, 6.07) is 31.0. The first-order valence-electron chi connectivity index (χ1n) is 14.5. The Labute approximate surface area is 244 Å². The molecule has 1 aliphatic rings. The minimum atomic E-state index is -0.0695. The molecule has 5 aromatic rings. The van der Waals surface area contributed by atoms with Crippen molar-refractivity contribution < 1.29 is 0 Å². The van der Waals surface area contributed by atoms with Crippen LogP contribution in [-0.4, -0.2) is 10.6 Å². The lowest BCUT2D eigenvalue weighted by molar-refractivity contribution is 0.668. The highest BCUT2D eigenvalue weighted by Gasteiger charge is 2.23. The zero-order valence-corrected chi connectivity index (χ0v) is 24.5. The molecule has 0 bridgehead atoms. The molecule has 204 valence electrons. The van der Waals surface area contributed by atoms with Crippen molar-refractivity contribution in [3.8, 4) is 5.69 Å². The van der Waals surface area contributed by atoms with Gasteiger partial charge in [0.1, 0.15) is 0 Å². The second kappa shape index (κ2) is 10.8. The van der Waals surface area contributed by atoms with Crippen molar-refractivity contribution in [1.29, 1.82) is 0 Å². The van der Waals surface area contributed by atoms with Crippen molar-refractivity contribution in [1.82, 2.24) is 4.57 Å². The van der Waals surface area contributed by atoms with Crippen LogP contribution in [0.1, 0.15) is 43.9 Å². The SMILES string of the molecule is C=CCC(C)N(C1=C/C=C/C(C)(C)c2ccccc2\C=C\1)c1cccc(-n2ccc3cc4ccccc4cc32)c1C. The Morgan fingerprint density at radius 2 is 1.63 bits per heavy atom. The summed E-state index contributed by atoms with van der Waals surface area (Å²) in [7, 11) is 0. The summed E-state index contributed by atoms with van der Waals surface area (Å²) >= 11 is 0. The summed E-state index contributed by atoms with van der Waals surface area (Å²) in [6.07, 6.45) is 16.4. The second-order valence-corrected chi connectivity index (χ2v) is 11.7. The van der Waals surface area contributed by atoms with Gasteiger partial charge < -0.3 is 9.47 Å². The summed E-state index contributed by atoms with van der Waals surface area (Å²) in [5, 5.41) is 3.77. The molecule has 6 rings (SSSR count). The molecule has 0 N–H and O–H groups in total. The van der Waals surface area contributed by atoms with Gasteiger partial charge in [0.05, 0.1) is 11.2 Å². The van der Waals surface area contributed by atoms with Gasteiger partial charge >= 0.3 is 0 Å². The van der Waals surface area contributed by atoms with Crippen LogP contribution < -0.4 is 4.90 Å². The van der Waals surface area contributed by atoms with Crippen molar-refractivity contribution in [3.63, 3.8) is 0 Å². The zero-order chi connectivity index (χ0) is 28.6. The third kappa shape index (κ3) is 4.95. The topological polar surface area (TPSA) is 8.17 Å². The molecule has 2 heteroatoms. The van der Waals surface area contributed by atoms with Gasteiger partial charge in [-0.05, 0) is 90.2 Å². The van der Waals surface area contributed by atoms with Crippen molar-refractivity contribution in [2.75, 3.05) is 4.90 Å². The van der Waals surface area contributed by atoms with Gasteiger partial charge in [0.25, 0.3) is 0 Å². The van der Waals surface area contributed by atoms with E-state index in [1.807, 2.05) is 6.08 Å². The molecule has 1 heterocycles. The van der Waals surface area contributed by atoms with Crippen LogP contribution in [0.2, 0.25) is 0 Å². The van der Waals surface area contributed by atoms with E-state index < -0.39 is 0 Å². The maximum Gasteiger partial charge on any atom is 0.0534 e. The molecule has 0 spiro atoms. The van der Waals surface area contributed by atoms with E-state index in [1.54, 1.807) is 0 Å². The van der Waals surface area contributed by atoms with Crippen LogP contribution in [0.25, 0.3) is 33.4 Å². The fourth-order valence-electron chi connectivity index (χ4n) is 6.24. The molecule has 0 fully saturated rings. The van der Waals surface area contributed by atoms with Gasteiger partial charge in [-0.2, -0.15) is 0 Å². The molecule has 1 aliphatic carbocycles. The summed E-state index contributed by atoms with van der Waals surface area (Å²) in [5.41, 5.74) is 8.53. The number of hydrogen-bond acceptors (Lipinski definition) is 1. The molecular weight excluding hydrogens is 496 g/mol. The third-order valence-electron chi connectivity index (χ3n) is 8.45. The van der Waals surface area contributed by atoms with E-state index in [2.05, 4.69) is 165 Å². The summed E-state index contributed by atoms with van der Waals surface area (Å²) in [5.74, 6) is 0. The van der Waals surface area contributed by atoms with Crippen LogP contribution in [-0.2, 0) is 5.41 Å². The van der Waals surface area contributed by atoms with Crippen molar-refractivity contribution >= 4 is 33.4 Å². The van der Waals surface area contributed by atoms with E-state index in [-0.39, 0.29) is 11.5 Å². The van der Waals surface area contributed by atoms with E-state index in [9.17, 15) is 0 Å². The Kier molecular flexibility index (Phi) is 7.01. The molecular formula is C39H38N2. The Balaban J connectivity index is 1.50. The predicted octanol–water partition coefficient (Wildman–Crippen LogP) is 10.3. The Morgan fingerprint density at radius 1 is 0.878 bits per heavy atom. The molecule has 0 saturated heterocycles. The second-order valence-electron chi connectivity index (χ2n) is 11.7. The number of anilines is 1. The number of aromatic nitrogens is 1. The van der Waals surface area contributed by atoms with Crippen LogP contribution >= 0.6 is 0 Å². The van der Waals surface area contributed by atoms with Crippen LogP contribution in [0.15, 0.2) is 134 Å². The molecule has 0 radical (unpaired) electrons. The quantitative estimate of drug-likeness (QED) is 0.197. The maximum absolute atomic E-state index is 4.08. The normalized spacial score (nSPS) is 17.9. The number of rotatable bonds is 6. The lowest BCUT2D eigenvalue weighted by Gasteiger charge is -2.34. The molecule has 1 unspecified atom stereocenters. The minimum absolute atomic E-state index is 0.0695. The number of nitrogens with zero attached hydrogens (tertiary/aromatic N) is 2. The summed E-state index contributed by atoms with van der Waals surface area (Å²) in [4.78, 5) is 2.48. The first kappa shape index (κ1) is 26.7. The molecule has 4 aromatic carbocycles. The highest BCUT2D eigenvalue weighted by atomic mass is 15.2. The van der Waals surface area contributed by atoms with Crippen LogP contribution in [0.4, 0.5) is 5.69 Å². The average molecular weight is 535 g/mol. The molecule has 1 atom stereocenters. The van der Waals surface area contributed by atoms with Crippen LogP contribution in [0.3, 0.4) is 0 Å². The smallest absolute Gasteiger partial charge is 0.0534 e. The Morgan fingerprint density at radius 3 is 2.44 bits per heavy atom. The van der Waals surface area contributed by atoms with Crippen molar-refractivity contribution in [3.05, 3.63) is 150 Å². The predicted molar refractivity (Wildman–Crippen MR) is 178 cm³/mol. The van der Waals surface area contributed by atoms with E-state index >= 15 is 0 Å². The maximum atomic E-state index is 4.08. The van der Waals surface area contributed by atoms with Gasteiger partial charge in [-0.25, -0.2) is 0 Å². The van der Waals surface area contributed by atoms with E-state index in [0.29, 0.717) is 0 Å². The van der Waals surface area contributed by atoms with Crippen LogP contribution in [0, 0.1) is 6.92 Å². The van der Waals surface area contributed by atoms with Gasteiger partial charge in [0, 0.05) is 34.4 Å². The van der Waals surface area contributed by atoms with Crippen LogP contribution in [0.5, 0.6) is 0 Å².